The molecule has 3 rings (SSSR count). The third kappa shape index (κ3) is 2.09. The van der Waals surface area contributed by atoms with Crippen LogP contribution < -0.4 is 5.32 Å². The summed E-state index contributed by atoms with van der Waals surface area (Å²) in [5, 5.41) is 8.28. The molecule has 1 N–H and O–H groups in total. The molecule has 1 fully saturated rings. The Kier molecular flexibility index (Phi) is 3.18. The lowest BCUT2D eigenvalue weighted by Gasteiger charge is -2.41. The van der Waals surface area contributed by atoms with Gasteiger partial charge in [0.15, 0.2) is 0 Å². The second-order valence-electron chi connectivity index (χ2n) is 6.45. The quantitative estimate of drug-likeness (QED) is 0.890. The van der Waals surface area contributed by atoms with E-state index in [1.165, 1.54) is 43.4 Å². The number of hydrogen-bond donors (Lipinski definition) is 1. The SMILES string of the molecule is CC(C)C1CC(NC2CCCc3c2cnn3C)C1. The number of hydrogen-bond acceptors (Lipinski definition) is 2. The number of nitrogens with zero attached hydrogens (tertiary/aromatic N) is 2. The molecule has 3 nitrogen and oxygen atoms in total. The Hall–Kier alpha value is -0.830. The number of nitrogens with one attached hydrogen (secondary N) is 1. The molecule has 0 radical (unpaired) electrons. The number of fused-ring (bicyclic) bond motifs is 1. The standard InChI is InChI=1S/C15H25N3/c1-10(2)11-7-12(8-11)17-14-5-4-6-15-13(14)9-16-18(15)3/h9-12,14,17H,4-8H2,1-3H3. The maximum atomic E-state index is 4.42. The highest BCUT2D eigenvalue weighted by Crippen LogP contribution is 2.37. The number of aromatic nitrogens is 2. The molecule has 2 aliphatic rings. The summed E-state index contributed by atoms with van der Waals surface area (Å²) in [4.78, 5) is 0. The Labute approximate surface area is 110 Å². The van der Waals surface area contributed by atoms with Crippen molar-refractivity contribution in [2.45, 2.75) is 58.0 Å². The van der Waals surface area contributed by atoms with Crippen molar-refractivity contribution in [2.75, 3.05) is 0 Å². The zero-order valence-corrected chi connectivity index (χ0v) is 11.8. The van der Waals surface area contributed by atoms with Crippen LogP contribution in [-0.2, 0) is 13.5 Å². The van der Waals surface area contributed by atoms with Crippen LogP contribution in [-0.4, -0.2) is 15.8 Å². The molecule has 18 heavy (non-hydrogen) atoms. The largest absolute Gasteiger partial charge is 0.307 e. The first-order valence-corrected chi connectivity index (χ1v) is 7.42. The van der Waals surface area contributed by atoms with Crippen LogP contribution in [0.1, 0.15) is 56.8 Å². The van der Waals surface area contributed by atoms with Crippen molar-refractivity contribution in [3.05, 3.63) is 17.5 Å². The lowest BCUT2D eigenvalue weighted by molar-refractivity contribution is 0.153. The van der Waals surface area contributed by atoms with E-state index in [-0.39, 0.29) is 0 Å². The van der Waals surface area contributed by atoms with Gasteiger partial charge in [0.2, 0.25) is 0 Å². The topological polar surface area (TPSA) is 29.9 Å². The van der Waals surface area contributed by atoms with Crippen molar-refractivity contribution in [1.29, 1.82) is 0 Å². The van der Waals surface area contributed by atoms with Gasteiger partial charge in [0.25, 0.3) is 0 Å². The molecule has 2 aliphatic carbocycles. The minimum absolute atomic E-state index is 0.556. The summed E-state index contributed by atoms with van der Waals surface area (Å²) < 4.78 is 2.06. The maximum absolute atomic E-state index is 4.42. The summed E-state index contributed by atoms with van der Waals surface area (Å²) >= 11 is 0. The molecule has 0 amide bonds. The van der Waals surface area contributed by atoms with E-state index < -0.39 is 0 Å². The smallest absolute Gasteiger partial charge is 0.0540 e. The van der Waals surface area contributed by atoms with Crippen molar-refractivity contribution < 1.29 is 0 Å². The van der Waals surface area contributed by atoms with Gasteiger partial charge in [0.05, 0.1) is 6.20 Å². The summed E-state index contributed by atoms with van der Waals surface area (Å²) in [6.07, 6.45) is 8.58. The Morgan fingerprint density at radius 3 is 2.89 bits per heavy atom. The minimum Gasteiger partial charge on any atom is -0.307 e. The molecule has 0 bridgehead atoms. The fraction of sp³-hybridized carbons (Fsp3) is 0.800. The third-order valence-electron chi connectivity index (χ3n) is 4.93. The van der Waals surface area contributed by atoms with E-state index in [1.807, 2.05) is 0 Å². The fourth-order valence-corrected chi connectivity index (χ4v) is 3.51. The van der Waals surface area contributed by atoms with E-state index in [4.69, 9.17) is 0 Å². The highest BCUT2D eigenvalue weighted by molar-refractivity contribution is 5.25. The van der Waals surface area contributed by atoms with Crippen molar-refractivity contribution in [2.24, 2.45) is 18.9 Å². The second kappa shape index (κ2) is 4.69. The van der Waals surface area contributed by atoms with Gasteiger partial charge in [-0.05, 0) is 43.9 Å². The molecule has 1 unspecified atom stereocenters. The summed E-state index contributed by atoms with van der Waals surface area (Å²) in [5.74, 6) is 1.79. The number of aryl methyl sites for hydroxylation is 1. The van der Waals surface area contributed by atoms with E-state index in [0.717, 1.165) is 17.9 Å². The monoisotopic (exact) mass is 247 g/mol. The van der Waals surface area contributed by atoms with Crippen LogP contribution in [0.4, 0.5) is 0 Å². The Morgan fingerprint density at radius 1 is 1.39 bits per heavy atom. The first-order valence-electron chi connectivity index (χ1n) is 7.42. The molecular weight excluding hydrogens is 222 g/mol. The second-order valence-corrected chi connectivity index (χ2v) is 6.45. The first kappa shape index (κ1) is 12.2. The molecule has 1 atom stereocenters. The Morgan fingerprint density at radius 2 is 2.17 bits per heavy atom. The fourth-order valence-electron chi connectivity index (χ4n) is 3.51. The molecule has 100 valence electrons. The number of rotatable bonds is 3. The zero-order chi connectivity index (χ0) is 12.7. The van der Waals surface area contributed by atoms with E-state index in [1.54, 1.807) is 0 Å². The highest BCUT2D eigenvalue weighted by Gasteiger charge is 2.34. The predicted molar refractivity (Wildman–Crippen MR) is 73.4 cm³/mol. The highest BCUT2D eigenvalue weighted by atomic mass is 15.3. The van der Waals surface area contributed by atoms with E-state index in [9.17, 15) is 0 Å². The van der Waals surface area contributed by atoms with Gasteiger partial charge in [-0.1, -0.05) is 13.8 Å². The van der Waals surface area contributed by atoms with Crippen molar-refractivity contribution in [1.82, 2.24) is 15.1 Å². The van der Waals surface area contributed by atoms with E-state index in [0.29, 0.717) is 6.04 Å². The molecule has 0 aromatic carbocycles. The van der Waals surface area contributed by atoms with Gasteiger partial charge in [-0.3, -0.25) is 4.68 Å². The molecule has 0 aliphatic heterocycles. The van der Waals surface area contributed by atoms with Crippen molar-refractivity contribution >= 4 is 0 Å². The minimum atomic E-state index is 0.556. The lowest BCUT2D eigenvalue weighted by Crippen LogP contribution is -2.45. The summed E-state index contributed by atoms with van der Waals surface area (Å²) in [6.45, 7) is 4.70. The molecule has 3 heteroatoms. The van der Waals surface area contributed by atoms with Crippen LogP contribution >= 0.6 is 0 Å². The molecular formula is C15H25N3. The van der Waals surface area contributed by atoms with Gasteiger partial charge in [-0.25, -0.2) is 0 Å². The average molecular weight is 247 g/mol. The summed E-state index contributed by atoms with van der Waals surface area (Å²) in [5.41, 5.74) is 2.90. The van der Waals surface area contributed by atoms with Crippen LogP contribution in [0.2, 0.25) is 0 Å². The van der Waals surface area contributed by atoms with E-state index in [2.05, 4.69) is 42.2 Å². The Balaban J connectivity index is 1.62. The maximum Gasteiger partial charge on any atom is 0.0540 e. The van der Waals surface area contributed by atoms with Gasteiger partial charge in [-0.2, -0.15) is 5.10 Å². The summed E-state index contributed by atoms with van der Waals surface area (Å²) in [6, 6.07) is 1.30. The van der Waals surface area contributed by atoms with Crippen LogP contribution in [0.5, 0.6) is 0 Å². The van der Waals surface area contributed by atoms with Gasteiger partial charge in [0.1, 0.15) is 0 Å². The van der Waals surface area contributed by atoms with Gasteiger partial charge < -0.3 is 5.32 Å². The van der Waals surface area contributed by atoms with Crippen LogP contribution in [0.25, 0.3) is 0 Å². The van der Waals surface area contributed by atoms with Crippen molar-refractivity contribution in [3.63, 3.8) is 0 Å². The molecule has 1 aromatic rings. The molecule has 0 saturated heterocycles. The molecule has 0 spiro atoms. The van der Waals surface area contributed by atoms with Gasteiger partial charge >= 0.3 is 0 Å². The lowest BCUT2D eigenvalue weighted by atomic mass is 9.73. The van der Waals surface area contributed by atoms with Gasteiger partial charge in [-0.15, -0.1) is 0 Å². The normalized spacial score (nSPS) is 31.2. The Bertz CT molecular complexity index is 415. The molecule has 1 aromatic heterocycles. The van der Waals surface area contributed by atoms with Crippen molar-refractivity contribution in [3.8, 4) is 0 Å². The zero-order valence-electron chi connectivity index (χ0n) is 11.8. The van der Waals surface area contributed by atoms with E-state index >= 15 is 0 Å². The van der Waals surface area contributed by atoms with Gasteiger partial charge in [0, 0.05) is 30.4 Å². The van der Waals surface area contributed by atoms with Crippen LogP contribution in [0.3, 0.4) is 0 Å². The first-order chi connectivity index (χ1) is 8.65. The van der Waals surface area contributed by atoms with Crippen LogP contribution in [0, 0.1) is 11.8 Å². The summed E-state index contributed by atoms with van der Waals surface area (Å²) in [7, 11) is 2.07. The molecule has 1 heterocycles. The third-order valence-corrected chi connectivity index (χ3v) is 4.93. The van der Waals surface area contributed by atoms with Crippen LogP contribution in [0.15, 0.2) is 6.20 Å². The molecule has 1 saturated carbocycles. The average Bonchev–Trinajstić information content (AvgIpc) is 2.65. The predicted octanol–water partition coefficient (Wildman–Crippen LogP) is 2.82.